The molecule has 0 saturated heterocycles. The molecule has 2 N–H and O–H groups in total. The van der Waals surface area contributed by atoms with Crippen LogP contribution in [-0.4, -0.2) is 11.0 Å². The summed E-state index contributed by atoms with van der Waals surface area (Å²) in [7, 11) is 0. The molecule has 4 heteroatoms. The molecule has 0 radical (unpaired) electrons. The highest BCUT2D eigenvalue weighted by molar-refractivity contribution is 5.90. The van der Waals surface area contributed by atoms with Gasteiger partial charge in [-0.3, -0.25) is 4.79 Å². The third kappa shape index (κ3) is 3.38. The smallest absolute Gasteiger partial charge is 0.224 e. The van der Waals surface area contributed by atoms with Gasteiger partial charge in [0.2, 0.25) is 5.91 Å². The number of anilines is 1. The largest absolute Gasteiger partial charge is 0.508 e. The Morgan fingerprint density at radius 1 is 1.29 bits per heavy atom. The van der Waals surface area contributed by atoms with E-state index in [1.165, 1.54) is 6.07 Å². The second-order valence-corrected chi connectivity index (χ2v) is 3.68. The number of phenolic OH excluding ortho intramolecular Hbond substituents is 1. The average molecular weight is 231 g/mol. The Kier molecular flexibility index (Phi) is 3.45. The van der Waals surface area contributed by atoms with Crippen LogP contribution in [0.15, 0.2) is 47.1 Å². The molecule has 0 bridgehead atoms. The summed E-state index contributed by atoms with van der Waals surface area (Å²) in [4.78, 5) is 11.6. The number of furan rings is 1. The van der Waals surface area contributed by atoms with Crippen molar-refractivity contribution in [2.45, 2.75) is 12.8 Å². The van der Waals surface area contributed by atoms with Crippen LogP contribution in [0.2, 0.25) is 0 Å². The predicted molar refractivity (Wildman–Crippen MR) is 63.8 cm³/mol. The number of carbonyl (C=O) groups excluding carboxylic acids is 1. The summed E-state index contributed by atoms with van der Waals surface area (Å²) in [6.45, 7) is 0. The molecule has 1 aromatic carbocycles. The van der Waals surface area contributed by atoms with Crippen LogP contribution in [0.25, 0.3) is 0 Å². The van der Waals surface area contributed by atoms with Gasteiger partial charge in [-0.25, -0.2) is 0 Å². The van der Waals surface area contributed by atoms with Crippen LogP contribution in [0, 0.1) is 0 Å². The first-order valence-corrected chi connectivity index (χ1v) is 5.35. The summed E-state index contributed by atoms with van der Waals surface area (Å²) in [6.07, 6.45) is 2.50. The zero-order chi connectivity index (χ0) is 12.1. The van der Waals surface area contributed by atoms with E-state index < -0.39 is 0 Å². The molecule has 2 aromatic rings. The minimum Gasteiger partial charge on any atom is -0.508 e. The molecular formula is C13H13NO3. The van der Waals surface area contributed by atoms with Crippen molar-refractivity contribution in [1.82, 2.24) is 0 Å². The lowest BCUT2D eigenvalue weighted by molar-refractivity contribution is -0.116. The van der Waals surface area contributed by atoms with E-state index in [0.29, 0.717) is 18.5 Å². The Labute approximate surface area is 98.9 Å². The number of aryl methyl sites for hydroxylation is 1. The van der Waals surface area contributed by atoms with Crippen molar-refractivity contribution >= 4 is 11.6 Å². The Morgan fingerprint density at radius 3 is 2.88 bits per heavy atom. The number of carbonyl (C=O) groups is 1. The molecule has 0 aliphatic heterocycles. The van der Waals surface area contributed by atoms with Crippen molar-refractivity contribution in [1.29, 1.82) is 0 Å². The maximum atomic E-state index is 11.6. The first kappa shape index (κ1) is 11.3. The third-order valence-corrected chi connectivity index (χ3v) is 2.31. The van der Waals surface area contributed by atoms with Gasteiger partial charge in [-0.05, 0) is 24.3 Å². The van der Waals surface area contributed by atoms with Crippen LogP contribution in [0.3, 0.4) is 0 Å². The Hall–Kier alpha value is -2.23. The number of aromatic hydroxyl groups is 1. The average Bonchev–Trinajstić information content (AvgIpc) is 2.79. The molecule has 1 amide bonds. The van der Waals surface area contributed by atoms with Gasteiger partial charge in [0.1, 0.15) is 11.5 Å². The predicted octanol–water partition coefficient (Wildman–Crippen LogP) is 2.56. The van der Waals surface area contributed by atoms with Crippen molar-refractivity contribution in [3.63, 3.8) is 0 Å². The molecule has 0 aliphatic carbocycles. The van der Waals surface area contributed by atoms with Crippen LogP contribution in [-0.2, 0) is 11.2 Å². The summed E-state index contributed by atoms with van der Waals surface area (Å²) in [5.74, 6) is 0.817. The van der Waals surface area contributed by atoms with Crippen molar-refractivity contribution < 1.29 is 14.3 Å². The SMILES string of the molecule is O=C(CCc1ccco1)Nc1cccc(O)c1. The summed E-state index contributed by atoms with van der Waals surface area (Å²) in [5, 5.41) is 11.9. The van der Waals surface area contributed by atoms with E-state index in [1.807, 2.05) is 6.07 Å². The van der Waals surface area contributed by atoms with Gasteiger partial charge in [0, 0.05) is 24.6 Å². The minimum atomic E-state index is -0.105. The zero-order valence-electron chi connectivity index (χ0n) is 9.22. The quantitative estimate of drug-likeness (QED) is 0.850. The van der Waals surface area contributed by atoms with E-state index >= 15 is 0 Å². The molecule has 0 saturated carbocycles. The highest BCUT2D eigenvalue weighted by Crippen LogP contribution is 2.15. The van der Waals surface area contributed by atoms with E-state index in [2.05, 4.69) is 5.32 Å². The Balaban J connectivity index is 1.85. The van der Waals surface area contributed by atoms with Crippen molar-refractivity contribution in [2.24, 2.45) is 0 Å². The van der Waals surface area contributed by atoms with Crippen molar-refractivity contribution in [3.8, 4) is 5.75 Å². The van der Waals surface area contributed by atoms with E-state index in [9.17, 15) is 9.90 Å². The van der Waals surface area contributed by atoms with E-state index in [0.717, 1.165) is 5.76 Å². The summed E-state index contributed by atoms with van der Waals surface area (Å²) < 4.78 is 5.13. The first-order valence-electron chi connectivity index (χ1n) is 5.35. The number of benzene rings is 1. The van der Waals surface area contributed by atoms with Gasteiger partial charge in [0.05, 0.1) is 6.26 Å². The Morgan fingerprint density at radius 2 is 2.18 bits per heavy atom. The third-order valence-electron chi connectivity index (χ3n) is 2.31. The topological polar surface area (TPSA) is 62.5 Å². The summed E-state index contributed by atoms with van der Waals surface area (Å²) >= 11 is 0. The fraction of sp³-hybridized carbons (Fsp3) is 0.154. The van der Waals surface area contributed by atoms with Gasteiger partial charge in [0.25, 0.3) is 0 Å². The molecule has 1 heterocycles. The van der Waals surface area contributed by atoms with Gasteiger partial charge in [-0.1, -0.05) is 6.07 Å². The first-order chi connectivity index (χ1) is 8.24. The monoisotopic (exact) mass is 231 g/mol. The molecule has 0 atom stereocenters. The zero-order valence-corrected chi connectivity index (χ0v) is 9.22. The van der Waals surface area contributed by atoms with Crippen LogP contribution >= 0.6 is 0 Å². The molecule has 88 valence electrons. The minimum absolute atomic E-state index is 0.105. The molecular weight excluding hydrogens is 218 g/mol. The van der Waals surface area contributed by atoms with Gasteiger partial charge in [-0.15, -0.1) is 0 Å². The molecule has 0 unspecified atom stereocenters. The number of hydrogen-bond donors (Lipinski definition) is 2. The second-order valence-electron chi connectivity index (χ2n) is 3.68. The molecule has 17 heavy (non-hydrogen) atoms. The number of rotatable bonds is 4. The van der Waals surface area contributed by atoms with Crippen LogP contribution in [0.1, 0.15) is 12.2 Å². The highest BCUT2D eigenvalue weighted by atomic mass is 16.3. The highest BCUT2D eigenvalue weighted by Gasteiger charge is 2.04. The molecule has 2 rings (SSSR count). The maximum absolute atomic E-state index is 11.6. The molecule has 1 aromatic heterocycles. The van der Waals surface area contributed by atoms with E-state index in [-0.39, 0.29) is 11.7 Å². The fourth-order valence-electron chi connectivity index (χ4n) is 1.50. The van der Waals surface area contributed by atoms with Crippen LogP contribution in [0.4, 0.5) is 5.69 Å². The lowest BCUT2D eigenvalue weighted by Crippen LogP contribution is -2.11. The fourth-order valence-corrected chi connectivity index (χ4v) is 1.50. The lowest BCUT2D eigenvalue weighted by atomic mass is 10.2. The normalized spacial score (nSPS) is 10.1. The van der Waals surface area contributed by atoms with E-state index in [1.54, 1.807) is 30.5 Å². The van der Waals surface area contributed by atoms with Gasteiger partial charge in [0.15, 0.2) is 0 Å². The van der Waals surface area contributed by atoms with Crippen LogP contribution < -0.4 is 5.32 Å². The molecule has 4 nitrogen and oxygen atoms in total. The molecule has 0 spiro atoms. The standard InChI is InChI=1S/C13H13NO3/c15-11-4-1-3-10(9-11)14-13(16)7-6-12-5-2-8-17-12/h1-5,8-9,15H,6-7H2,(H,14,16). The molecule has 0 fully saturated rings. The summed E-state index contributed by atoms with van der Waals surface area (Å²) in [5.41, 5.74) is 0.592. The van der Waals surface area contributed by atoms with Crippen molar-refractivity contribution in [3.05, 3.63) is 48.4 Å². The van der Waals surface area contributed by atoms with E-state index in [4.69, 9.17) is 4.42 Å². The number of phenols is 1. The molecule has 0 aliphatic rings. The number of nitrogens with one attached hydrogen (secondary N) is 1. The lowest BCUT2D eigenvalue weighted by Gasteiger charge is -2.04. The maximum Gasteiger partial charge on any atom is 0.224 e. The Bertz CT molecular complexity index is 491. The van der Waals surface area contributed by atoms with Crippen molar-refractivity contribution in [2.75, 3.05) is 5.32 Å². The number of hydrogen-bond acceptors (Lipinski definition) is 3. The van der Waals surface area contributed by atoms with Crippen LogP contribution in [0.5, 0.6) is 5.75 Å². The summed E-state index contributed by atoms with van der Waals surface area (Å²) in [6, 6.07) is 10.1. The van der Waals surface area contributed by atoms with Gasteiger partial charge >= 0.3 is 0 Å². The van der Waals surface area contributed by atoms with Gasteiger partial charge in [-0.2, -0.15) is 0 Å². The van der Waals surface area contributed by atoms with Gasteiger partial charge < -0.3 is 14.8 Å². The number of amides is 1. The second kappa shape index (κ2) is 5.21.